The summed E-state index contributed by atoms with van der Waals surface area (Å²) < 4.78 is 0. The van der Waals surface area contributed by atoms with Gasteiger partial charge in [0.15, 0.2) is 0 Å². The second kappa shape index (κ2) is 5.81. The minimum Gasteiger partial charge on any atom is -0.313 e. The third-order valence-corrected chi connectivity index (χ3v) is 3.01. The zero-order valence-corrected chi connectivity index (χ0v) is 10.3. The SMILES string of the molecule is CN(CCNC1CC1)Cc1cccc(C#N)c1. The molecule has 3 nitrogen and oxygen atoms in total. The molecule has 0 heterocycles. The zero-order valence-electron chi connectivity index (χ0n) is 10.3. The Morgan fingerprint density at radius 1 is 1.47 bits per heavy atom. The van der Waals surface area contributed by atoms with Crippen molar-refractivity contribution in [1.82, 2.24) is 10.2 Å². The van der Waals surface area contributed by atoms with Gasteiger partial charge in [-0.15, -0.1) is 0 Å². The first-order chi connectivity index (χ1) is 8.28. The van der Waals surface area contributed by atoms with Crippen LogP contribution in [0.15, 0.2) is 24.3 Å². The third-order valence-electron chi connectivity index (χ3n) is 3.01. The van der Waals surface area contributed by atoms with Crippen molar-refractivity contribution in [2.24, 2.45) is 0 Å². The fraction of sp³-hybridized carbons (Fsp3) is 0.500. The molecule has 0 atom stereocenters. The second-order valence-electron chi connectivity index (χ2n) is 4.78. The highest BCUT2D eigenvalue weighted by Crippen LogP contribution is 2.18. The van der Waals surface area contributed by atoms with Crippen molar-refractivity contribution < 1.29 is 0 Å². The van der Waals surface area contributed by atoms with Gasteiger partial charge in [-0.05, 0) is 37.6 Å². The Kier molecular flexibility index (Phi) is 4.13. The summed E-state index contributed by atoms with van der Waals surface area (Å²) in [6, 6.07) is 10.8. The normalized spacial score (nSPS) is 14.9. The molecule has 17 heavy (non-hydrogen) atoms. The predicted molar refractivity (Wildman–Crippen MR) is 68.5 cm³/mol. The van der Waals surface area contributed by atoms with E-state index in [9.17, 15) is 0 Å². The van der Waals surface area contributed by atoms with Crippen molar-refractivity contribution in [2.75, 3.05) is 20.1 Å². The lowest BCUT2D eigenvalue weighted by atomic mass is 10.1. The van der Waals surface area contributed by atoms with Crippen molar-refractivity contribution >= 4 is 0 Å². The van der Waals surface area contributed by atoms with E-state index in [1.807, 2.05) is 18.2 Å². The first-order valence-corrected chi connectivity index (χ1v) is 6.19. The Labute approximate surface area is 103 Å². The highest BCUT2D eigenvalue weighted by molar-refractivity contribution is 5.32. The number of nitrogens with one attached hydrogen (secondary N) is 1. The molecule has 0 spiro atoms. The molecule has 0 amide bonds. The number of benzene rings is 1. The maximum Gasteiger partial charge on any atom is 0.0991 e. The predicted octanol–water partition coefficient (Wildman–Crippen LogP) is 1.74. The van der Waals surface area contributed by atoms with Crippen LogP contribution in [0.1, 0.15) is 24.0 Å². The van der Waals surface area contributed by atoms with Crippen LogP contribution >= 0.6 is 0 Å². The summed E-state index contributed by atoms with van der Waals surface area (Å²) in [5.74, 6) is 0. The van der Waals surface area contributed by atoms with Crippen molar-refractivity contribution in [3.8, 4) is 6.07 Å². The molecule has 2 rings (SSSR count). The first-order valence-electron chi connectivity index (χ1n) is 6.19. The average molecular weight is 229 g/mol. The topological polar surface area (TPSA) is 39.1 Å². The van der Waals surface area contributed by atoms with Crippen LogP contribution in [0.2, 0.25) is 0 Å². The van der Waals surface area contributed by atoms with Crippen LogP contribution in [0.3, 0.4) is 0 Å². The molecule has 0 aliphatic heterocycles. The van der Waals surface area contributed by atoms with Gasteiger partial charge in [-0.1, -0.05) is 12.1 Å². The molecular formula is C14H19N3. The lowest BCUT2D eigenvalue weighted by Crippen LogP contribution is -2.30. The van der Waals surface area contributed by atoms with Crippen LogP contribution in [0.4, 0.5) is 0 Å². The lowest BCUT2D eigenvalue weighted by molar-refractivity contribution is 0.324. The number of nitrogens with zero attached hydrogens (tertiary/aromatic N) is 2. The third kappa shape index (κ3) is 4.18. The minimum atomic E-state index is 0.743. The van der Waals surface area contributed by atoms with E-state index < -0.39 is 0 Å². The molecule has 0 saturated heterocycles. The summed E-state index contributed by atoms with van der Waals surface area (Å²) in [4.78, 5) is 2.28. The number of rotatable bonds is 6. The molecule has 1 aromatic carbocycles. The van der Waals surface area contributed by atoms with Crippen LogP contribution in [0.5, 0.6) is 0 Å². The largest absolute Gasteiger partial charge is 0.313 e. The Morgan fingerprint density at radius 3 is 3.00 bits per heavy atom. The highest BCUT2D eigenvalue weighted by atomic mass is 15.1. The molecule has 0 unspecified atom stereocenters. The molecule has 3 heteroatoms. The second-order valence-corrected chi connectivity index (χ2v) is 4.78. The summed E-state index contributed by atoms with van der Waals surface area (Å²) in [7, 11) is 2.12. The van der Waals surface area contributed by atoms with Crippen LogP contribution in [-0.4, -0.2) is 31.1 Å². The number of hydrogen-bond acceptors (Lipinski definition) is 3. The summed E-state index contributed by atoms with van der Waals surface area (Å²) in [5, 5.41) is 12.3. The van der Waals surface area contributed by atoms with Crippen molar-refractivity contribution in [2.45, 2.75) is 25.4 Å². The lowest BCUT2D eigenvalue weighted by Gasteiger charge is -2.17. The van der Waals surface area contributed by atoms with E-state index in [1.54, 1.807) is 0 Å². The number of hydrogen-bond donors (Lipinski definition) is 1. The van der Waals surface area contributed by atoms with Gasteiger partial charge in [0.25, 0.3) is 0 Å². The molecule has 0 aromatic heterocycles. The molecule has 1 aromatic rings. The van der Waals surface area contributed by atoms with Crippen LogP contribution < -0.4 is 5.32 Å². The first kappa shape index (κ1) is 12.1. The molecule has 1 saturated carbocycles. The zero-order chi connectivity index (χ0) is 12.1. The quantitative estimate of drug-likeness (QED) is 0.807. The molecule has 0 radical (unpaired) electrons. The van der Waals surface area contributed by atoms with Crippen molar-refractivity contribution in [3.63, 3.8) is 0 Å². The van der Waals surface area contributed by atoms with E-state index in [2.05, 4.69) is 29.4 Å². The van der Waals surface area contributed by atoms with Gasteiger partial charge in [-0.3, -0.25) is 0 Å². The van der Waals surface area contributed by atoms with Gasteiger partial charge in [-0.25, -0.2) is 0 Å². The number of likely N-dealkylation sites (N-methyl/N-ethyl adjacent to an activating group) is 1. The van der Waals surface area contributed by atoms with E-state index in [4.69, 9.17) is 5.26 Å². The standard InChI is InChI=1S/C14H19N3/c1-17(8-7-16-14-5-6-14)11-13-4-2-3-12(9-13)10-15/h2-4,9,14,16H,5-8,11H2,1H3. The molecule has 0 bridgehead atoms. The van der Waals surface area contributed by atoms with E-state index in [0.717, 1.165) is 31.2 Å². The fourth-order valence-corrected chi connectivity index (χ4v) is 1.88. The Balaban J connectivity index is 1.75. The Hall–Kier alpha value is -1.37. The highest BCUT2D eigenvalue weighted by Gasteiger charge is 2.19. The van der Waals surface area contributed by atoms with Gasteiger partial charge >= 0.3 is 0 Å². The van der Waals surface area contributed by atoms with Gasteiger partial charge in [0.05, 0.1) is 11.6 Å². The summed E-state index contributed by atoms with van der Waals surface area (Å²) in [6.07, 6.45) is 2.68. The summed E-state index contributed by atoms with van der Waals surface area (Å²) in [5.41, 5.74) is 1.95. The molecule has 1 aliphatic rings. The number of nitriles is 1. The summed E-state index contributed by atoms with van der Waals surface area (Å²) in [6.45, 7) is 3.01. The van der Waals surface area contributed by atoms with E-state index >= 15 is 0 Å². The molecule has 1 N–H and O–H groups in total. The van der Waals surface area contributed by atoms with Crippen LogP contribution in [0.25, 0.3) is 0 Å². The maximum atomic E-state index is 8.83. The average Bonchev–Trinajstić information content (AvgIpc) is 3.13. The molecule has 1 fully saturated rings. The van der Waals surface area contributed by atoms with Gasteiger partial charge in [0.1, 0.15) is 0 Å². The molecular weight excluding hydrogens is 210 g/mol. The van der Waals surface area contributed by atoms with Gasteiger partial charge < -0.3 is 10.2 Å². The maximum absolute atomic E-state index is 8.83. The van der Waals surface area contributed by atoms with Gasteiger partial charge in [0, 0.05) is 25.7 Å². The Bertz CT molecular complexity index is 404. The van der Waals surface area contributed by atoms with Gasteiger partial charge in [0.2, 0.25) is 0 Å². The van der Waals surface area contributed by atoms with Gasteiger partial charge in [-0.2, -0.15) is 5.26 Å². The van der Waals surface area contributed by atoms with E-state index in [0.29, 0.717) is 0 Å². The summed E-state index contributed by atoms with van der Waals surface area (Å²) >= 11 is 0. The van der Waals surface area contributed by atoms with Crippen molar-refractivity contribution in [1.29, 1.82) is 5.26 Å². The fourth-order valence-electron chi connectivity index (χ4n) is 1.88. The Morgan fingerprint density at radius 2 is 2.29 bits per heavy atom. The smallest absolute Gasteiger partial charge is 0.0991 e. The van der Waals surface area contributed by atoms with Crippen molar-refractivity contribution in [3.05, 3.63) is 35.4 Å². The van der Waals surface area contributed by atoms with E-state index in [-0.39, 0.29) is 0 Å². The minimum absolute atomic E-state index is 0.743. The van der Waals surface area contributed by atoms with E-state index in [1.165, 1.54) is 18.4 Å². The van der Waals surface area contributed by atoms with Crippen LogP contribution in [-0.2, 0) is 6.54 Å². The monoisotopic (exact) mass is 229 g/mol. The molecule has 90 valence electrons. The molecule has 1 aliphatic carbocycles. The van der Waals surface area contributed by atoms with Crippen LogP contribution in [0, 0.1) is 11.3 Å².